The second kappa shape index (κ2) is 11.0. The molecule has 1 atom stereocenters. The first kappa shape index (κ1) is 29.6. The molecule has 1 heteroatoms. The predicted molar refractivity (Wildman–Crippen MR) is 225 cm³/mol. The Morgan fingerprint density at radius 1 is 0.333 bits per heavy atom. The van der Waals surface area contributed by atoms with E-state index >= 15 is 0 Å². The van der Waals surface area contributed by atoms with E-state index in [1.54, 1.807) is 0 Å². The molecule has 2 aliphatic carbocycles. The van der Waals surface area contributed by atoms with E-state index < -0.39 is 5.41 Å². The van der Waals surface area contributed by atoms with Gasteiger partial charge in [-0.15, -0.1) is 0 Å². The lowest BCUT2D eigenvalue weighted by molar-refractivity contribution is 0.772. The minimum atomic E-state index is -0.426. The van der Waals surface area contributed by atoms with Crippen LogP contribution in [0, 0.1) is 0 Å². The van der Waals surface area contributed by atoms with Gasteiger partial charge < -0.3 is 4.57 Å². The first-order valence-corrected chi connectivity index (χ1v) is 18.9. The Kier molecular flexibility index (Phi) is 6.04. The molecule has 0 bridgehead atoms. The third-order valence-electron chi connectivity index (χ3n) is 12.2. The van der Waals surface area contributed by atoms with Gasteiger partial charge in [0.15, 0.2) is 0 Å². The van der Waals surface area contributed by atoms with Crippen LogP contribution in [0.15, 0.2) is 200 Å². The summed E-state index contributed by atoms with van der Waals surface area (Å²) in [5.41, 5.74) is 18.8. The van der Waals surface area contributed by atoms with Crippen molar-refractivity contribution in [2.45, 2.75) is 5.41 Å². The van der Waals surface area contributed by atoms with Crippen LogP contribution in [0.3, 0.4) is 0 Å². The molecule has 1 heterocycles. The Bertz CT molecular complexity index is 3040. The Morgan fingerprint density at radius 3 is 1.43 bits per heavy atom. The molecular formula is C53H33N. The van der Waals surface area contributed by atoms with Gasteiger partial charge in [-0.1, -0.05) is 170 Å². The van der Waals surface area contributed by atoms with Crippen molar-refractivity contribution in [3.05, 3.63) is 222 Å². The average molecular weight is 684 g/mol. The van der Waals surface area contributed by atoms with Gasteiger partial charge in [0.2, 0.25) is 0 Å². The van der Waals surface area contributed by atoms with Gasteiger partial charge in [-0.05, 0) is 102 Å². The van der Waals surface area contributed by atoms with Crippen LogP contribution in [-0.2, 0) is 5.41 Å². The van der Waals surface area contributed by atoms with Gasteiger partial charge in [0.1, 0.15) is 0 Å². The summed E-state index contributed by atoms with van der Waals surface area (Å²) in [6.07, 6.45) is 0. The molecule has 9 aromatic carbocycles. The fraction of sp³-hybridized carbons (Fsp3) is 0.0189. The lowest BCUT2D eigenvalue weighted by atomic mass is 9.62. The minimum absolute atomic E-state index is 0.426. The van der Waals surface area contributed by atoms with Crippen LogP contribution >= 0.6 is 0 Å². The third kappa shape index (κ3) is 3.83. The monoisotopic (exact) mass is 683 g/mol. The molecule has 1 unspecified atom stereocenters. The van der Waals surface area contributed by atoms with E-state index in [1.807, 2.05) is 0 Å². The van der Waals surface area contributed by atoms with E-state index in [1.165, 1.54) is 105 Å². The van der Waals surface area contributed by atoms with Crippen molar-refractivity contribution < 1.29 is 0 Å². The van der Waals surface area contributed by atoms with Crippen molar-refractivity contribution in [1.29, 1.82) is 0 Å². The maximum atomic E-state index is 2.54. The summed E-state index contributed by atoms with van der Waals surface area (Å²) in [7, 11) is 0. The van der Waals surface area contributed by atoms with Crippen LogP contribution in [0.25, 0.3) is 82.8 Å². The topological polar surface area (TPSA) is 4.93 Å². The maximum absolute atomic E-state index is 2.54. The SMILES string of the molecule is c1ccc(-c2ccc3c(c2)c2cc(-c4ccccc4)ccc2n3-c2cc3c4c5c(cccc25)-c2ccccc2C4(c2ccccc2)c2ccccc2-3)cc1. The molecule has 12 rings (SSSR count). The lowest BCUT2D eigenvalue weighted by Gasteiger charge is -2.39. The number of hydrogen-bond acceptors (Lipinski definition) is 0. The predicted octanol–water partition coefficient (Wildman–Crippen LogP) is 13.6. The number of hydrogen-bond donors (Lipinski definition) is 0. The van der Waals surface area contributed by atoms with Gasteiger partial charge in [-0.2, -0.15) is 0 Å². The van der Waals surface area contributed by atoms with Crippen LogP contribution in [0.1, 0.15) is 22.3 Å². The van der Waals surface area contributed by atoms with Gasteiger partial charge in [0.05, 0.1) is 22.1 Å². The summed E-state index contributed by atoms with van der Waals surface area (Å²) in [5, 5.41) is 5.13. The zero-order valence-electron chi connectivity index (χ0n) is 29.5. The van der Waals surface area contributed by atoms with Crippen LogP contribution in [0.4, 0.5) is 0 Å². The quantitative estimate of drug-likeness (QED) is 0.174. The number of nitrogens with zero attached hydrogens (tertiary/aromatic N) is 1. The summed E-state index contributed by atoms with van der Waals surface area (Å²) in [6, 6.07) is 74.5. The molecule has 1 nitrogen and oxygen atoms in total. The van der Waals surface area contributed by atoms with Gasteiger partial charge in [-0.25, -0.2) is 0 Å². The Hall–Kier alpha value is -6.96. The van der Waals surface area contributed by atoms with Crippen LogP contribution in [0.2, 0.25) is 0 Å². The highest BCUT2D eigenvalue weighted by molar-refractivity contribution is 6.17. The van der Waals surface area contributed by atoms with E-state index in [2.05, 4.69) is 205 Å². The van der Waals surface area contributed by atoms with E-state index in [4.69, 9.17) is 0 Å². The average Bonchev–Trinajstić information content (AvgIpc) is 3.74. The largest absolute Gasteiger partial charge is 0.309 e. The maximum Gasteiger partial charge on any atom is 0.0725 e. The van der Waals surface area contributed by atoms with Crippen LogP contribution in [0.5, 0.6) is 0 Å². The van der Waals surface area contributed by atoms with Gasteiger partial charge in [0, 0.05) is 16.2 Å². The van der Waals surface area contributed by atoms with Crippen molar-refractivity contribution in [3.63, 3.8) is 0 Å². The second-order valence-corrected chi connectivity index (χ2v) is 14.8. The van der Waals surface area contributed by atoms with Gasteiger partial charge in [-0.3, -0.25) is 0 Å². The number of aromatic nitrogens is 1. The van der Waals surface area contributed by atoms with Crippen molar-refractivity contribution in [2.24, 2.45) is 0 Å². The summed E-state index contributed by atoms with van der Waals surface area (Å²) in [5.74, 6) is 0. The number of rotatable bonds is 4. The summed E-state index contributed by atoms with van der Waals surface area (Å²) < 4.78 is 2.54. The molecule has 250 valence electrons. The second-order valence-electron chi connectivity index (χ2n) is 14.8. The molecule has 0 fully saturated rings. The smallest absolute Gasteiger partial charge is 0.0725 e. The van der Waals surface area contributed by atoms with E-state index in [9.17, 15) is 0 Å². The molecule has 0 radical (unpaired) electrons. The highest BCUT2D eigenvalue weighted by Crippen LogP contribution is 2.63. The zero-order chi connectivity index (χ0) is 35.4. The summed E-state index contributed by atoms with van der Waals surface area (Å²) in [6.45, 7) is 0. The lowest BCUT2D eigenvalue weighted by Crippen LogP contribution is -2.31. The fourth-order valence-electron chi connectivity index (χ4n) is 10.0. The molecule has 10 aromatic rings. The number of benzene rings is 9. The zero-order valence-corrected chi connectivity index (χ0v) is 29.5. The Morgan fingerprint density at radius 2 is 0.833 bits per heavy atom. The Labute approximate surface area is 314 Å². The van der Waals surface area contributed by atoms with Gasteiger partial charge >= 0.3 is 0 Å². The minimum Gasteiger partial charge on any atom is -0.309 e. The van der Waals surface area contributed by atoms with Crippen molar-refractivity contribution in [2.75, 3.05) is 0 Å². The fourth-order valence-corrected chi connectivity index (χ4v) is 10.0. The molecule has 2 aliphatic rings. The molecule has 0 N–H and O–H groups in total. The van der Waals surface area contributed by atoms with Crippen molar-refractivity contribution >= 4 is 32.6 Å². The molecule has 0 aliphatic heterocycles. The molecule has 0 saturated carbocycles. The van der Waals surface area contributed by atoms with Crippen LogP contribution < -0.4 is 0 Å². The highest BCUT2D eigenvalue weighted by Gasteiger charge is 2.51. The molecule has 0 spiro atoms. The molecule has 1 aromatic heterocycles. The van der Waals surface area contributed by atoms with Crippen LogP contribution in [-0.4, -0.2) is 4.57 Å². The molecule has 0 saturated heterocycles. The Balaban J connectivity index is 1.24. The van der Waals surface area contributed by atoms with E-state index in [-0.39, 0.29) is 0 Å². The molecular weight excluding hydrogens is 651 g/mol. The summed E-state index contributed by atoms with van der Waals surface area (Å²) in [4.78, 5) is 0. The van der Waals surface area contributed by atoms with E-state index in [0.717, 1.165) is 0 Å². The third-order valence-corrected chi connectivity index (χ3v) is 12.2. The normalized spacial score (nSPS) is 15.1. The van der Waals surface area contributed by atoms with E-state index in [0.29, 0.717) is 0 Å². The van der Waals surface area contributed by atoms with Crippen molar-refractivity contribution in [1.82, 2.24) is 4.57 Å². The standard InChI is InChI=1S/C53H33N/c1-4-15-34(16-5-1)36-27-29-48-43(31-36)44-32-37(35-17-6-2-7-18-35)28-30-49(44)54(48)50-33-45-40-22-11-13-26-47(40)53(38-19-8-3-9-20-38)46-25-12-10-21-39(46)41-23-14-24-42(50)51(41)52(45)53/h1-33H. The molecule has 0 amide bonds. The summed E-state index contributed by atoms with van der Waals surface area (Å²) >= 11 is 0. The molecule has 54 heavy (non-hydrogen) atoms. The number of fused-ring (bicyclic) bond motifs is 9. The first-order chi connectivity index (χ1) is 26.8. The first-order valence-electron chi connectivity index (χ1n) is 18.9. The van der Waals surface area contributed by atoms with Crippen molar-refractivity contribution in [3.8, 4) is 50.2 Å². The highest BCUT2D eigenvalue weighted by atomic mass is 15.0. The van der Waals surface area contributed by atoms with Gasteiger partial charge in [0.25, 0.3) is 0 Å².